The molecule has 1 aliphatic heterocycles. The van der Waals surface area contributed by atoms with Crippen molar-refractivity contribution in [1.29, 1.82) is 0 Å². The van der Waals surface area contributed by atoms with Gasteiger partial charge in [0, 0.05) is 4.91 Å². The molecule has 0 aliphatic carbocycles. The van der Waals surface area contributed by atoms with Crippen LogP contribution in [0.5, 0.6) is 0 Å². The summed E-state index contributed by atoms with van der Waals surface area (Å²) in [6.45, 7) is 3.51. The molecule has 0 aromatic carbocycles. The first-order chi connectivity index (χ1) is 3.70. The highest BCUT2D eigenvalue weighted by molar-refractivity contribution is 8.27. The number of hydrogen-bond acceptors (Lipinski definition) is 3. The van der Waals surface area contributed by atoms with E-state index < -0.39 is 0 Å². The average molecular weight is 144 g/mol. The summed E-state index contributed by atoms with van der Waals surface area (Å²) in [7, 11) is 0. The summed E-state index contributed by atoms with van der Waals surface area (Å²) in [6.07, 6.45) is 0.416. The van der Waals surface area contributed by atoms with Crippen molar-refractivity contribution in [2.45, 2.75) is 6.42 Å². The van der Waals surface area contributed by atoms with Crippen LogP contribution in [-0.2, 0) is 4.79 Å². The summed E-state index contributed by atoms with van der Waals surface area (Å²) in [5, 5.41) is 0. The van der Waals surface area contributed by atoms with E-state index in [2.05, 4.69) is 6.58 Å². The van der Waals surface area contributed by atoms with E-state index in [9.17, 15) is 4.79 Å². The van der Waals surface area contributed by atoms with Crippen LogP contribution in [0.25, 0.3) is 0 Å². The summed E-state index contributed by atoms with van der Waals surface area (Å²) in [6, 6.07) is 0. The lowest BCUT2D eigenvalue weighted by Gasteiger charge is -1.79. The maximum atomic E-state index is 10.6. The largest absolute Gasteiger partial charge is 0.293 e. The average Bonchev–Trinajstić information content (AvgIpc) is 1.85. The van der Waals surface area contributed by atoms with Crippen molar-refractivity contribution in [3.8, 4) is 0 Å². The van der Waals surface area contributed by atoms with E-state index in [-0.39, 0.29) is 5.78 Å². The molecule has 0 saturated carbocycles. The third-order valence-corrected chi connectivity index (χ3v) is 2.09. The fourth-order valence-electron chi connectivity index (χ4n) is 0.460. The quantitative estimate of drug-likeness (QED) is 0.379. The maximum absolute atomic E-state index is 10.6. The molecule has 1 fully saturated rings. The lowest BCUT2D eigenvalue weighted by atomic mass is 10.3. The van der Waals surface area contributed by atoms with Crippen molar-refractivity contribution in [1.82, 2.24) is 0 Å². The normalized spacial score (nSPS) is 20.2. The van der Waals surface area contributed by atoms with Gasteiger partial charge in [-0.1, -0.05) is 30.6 Å². The Kier molecular flexibility index (Phi) is 1.49. The Hall–Kier alpha value is -0.150. The number of hydrogen-bond donors (Lipinski definition) is 0. The third-order valence-electron chi connectivity index (χ3n) is 0.853. The molecule has 0 spiro atoms. The van der Waals surface area contributed by atoms with Crippen molar-refractivity contribution >= 4 is 34.0 Å². The number of thiocarbonyl (C=S) groups is 1. The minimum Gasteiger partial charge on any atom is -0.293 e. The van der Waals surface area contributed by atoms with Crippen LogP contribution >= 0.6 is 24.0 Å². The first-order valence-corrected chi connectivity index (χ1v) is 3.35. The minimum absolute atomic E-state index is 0.0833. The molecule has 0 atom stereocenters. The summed E-state index contributed by atoms with van der Waals surface area (Å²) in [5.41, 5.74) is 0. The highest BCUT2D eigenvalue weighted by Gasteiger charge is 2.19. The van der Waals surface area contributed by atoms with Gasteiger partial charge in [-0.2, -0.15) is 0 Å². The number of Topliss-reactive ketones (excluding diaryl/α,β-unsaturated/α-hetero) is 1. The lowest BCUT2D eigenvalue weighted by molar-refractivity contribution is -0.113. The molecule has 0 radical (unpaired) electrons. The Morgan fingerprint density at radius 2 is 2.38 bits per heavy atom. The maximum Gasteiger partial charge on any atom is 0.174 e. The molecule has 0 amide bonds. The van der Waals surface area contributed by atoms with Crippen molar-refractivity contribution in [2.75, 3.05) is 0 Å². The predicted molar refractivity (Wildman–Crippen MR) is 39.0 cm³/mol. The van der Waals surface area contributed by atoms with Crippen LogP contribution < -0.4 is 0 Å². The van der Waals surface area contributed by atoms with Gasteiger partial charge in [-0.3, -0.25) is 4.79 Å². The predicted octanol–water partition coefficient (Wildman–Crippen LogP) is 1.53. The van der Waals surface area contributed by atoms with Crippen molar-refractivity contribution in [2.24, 2.45) is 0 Å². The van der Waals surface area contributed by atoms with Crippen LogP contribution in [0, 0.1) is 0 Å². The first kappa shape index (κ1) is 5.98. The molecule has 1 saturated heterocycles. The first-order valence-electron chi connectivity index (χ1n) is 2.13. The number of rotatable bonds is 0. The van der Waals surface area contributed by atoms with Gasteiger partial charge in [0.25, 0.3) is 0 Å². The molecular formula is C5H4OS2. The van der Waals surface area contributed by atoms with Crippen LogP contribution in [-0.4, -0.2) is 9.98 Å². The molecule has 42 valence electrons. The fraction of sp³-hybridized carbons (Fsp3) is 0.200. The molecule has 0 N–H and O–H groups in total. The van der Waals surface area contributed by atoms with Crippen LogP contribution in [0.2, 0.25) is 0 Å². The molecule has 1 aliphatic rings. The second kappa shape index (κ2) is 1.99. The fourth-order valence-corrected chi connectivity index (χ4v) is 1.56. The zero-order chi connectivity index (χ0) is 6.15. The Balaban J connectivity index is 2.79. The van der Waals surface area contributed by atoms with Crippen molar-refractivity contribution in [3.05, 3.63) is 11.5 Å². The molecule has 3 heteroatoms. The monoisotopic (exact) mass is 144 g/mol. The molecule has 0 bridgehead atoms. The SMILES string of the molecule is C=C1SC(=S)CC1=O. The number of carbonyl (C=O) groups excluding carboxylic acids is 1. The van der Waals surface area contributed by atoms with Gasteiger partial charge in [0.05, 0.1) is 10.6 Å². The summed E-state index contributed by atoms with van der Waals surface area (Å²) in [5.74, 6) is 0.0833. The number of ketones is 1. The van der Waals surface area contributed by atoms with Crippen LogP contribution in [0.4, 0.5) is 0 Å². The standard InChI is InChI=1S/C5H4OS2/c1-3-4(6)2-5(7)8-3/h1-2H2. The second-order valence-corrected chi connectivity index (χ2v) is 3.44. The van der Waals surface area contributed by atoms with Gasteiger partial charge in [-0.05, 0) is 0 Å². The van der Waals surface area contributed by atoms with Crippen molar-refractivity contribution in [3.63, 3.8) is 0 Å². The highest BCUT2D eigenvalue weighted by atomic mass is 32.2. The van der Waals surface area contributed by atoms with E-state index >= 15 is 0 Å². The summed E-state index contributed by atoms with van der Waals surface area (Å²) < 4.78 is 0.750. The van der Waals surface area contributed by atoms with Crippen LogP contribution in [0.15, 0.2) is 11.5 Å². The third kappa shape index (κ3) is 0.980. The topological polar surface area (TPSA) is 17.1 Å². The molecule has 1 heterocycles. The zero-order valence-electron chi connectivity index (χ0n) is 4.14. The molecule has 0 unspecified atom stereocenters. The molecule has 0 aromatic rings. The van der Waals surface area contributed by atoms with E-state index in [0.717, 1.165) is 4.20 Å². The number of allylic oxidation sites excluding steroid dienone is 1. The number of carbonyl (C=O) groups is 1. The Labute approximate surface area is 57.1 Å². The molecular weight excluding hydrogens is 140 g/mol. The molecule has 1 nitrogen and oxygen atoms in total. The van der Waals surface area contributed by atoms with E-state index in [4.69, 9.17) is 12.2 Å². The van der Waals surface area contributed by atoms with Gasteiger partial charge in [0.1, 0.15) is 0 Å². The van der Waals surface area contributed by atoms with Gasteiger partial charge in [0.2, 0.25) is 0 Å². The van der Waals surface area contributed by atoms with Gasteiger partial charge < -0.3 is 0 Å². The van der Waals surface area contributed by atoms with Crippen molar-refractivity contribution < 1.29 is 4.79 Å². The highest BCUT2D eigenvalue weighted by Crippen LogP contribution is 2.27. The smallest absolute Gasteiger partial charge is 0.174 e. The summed E-state index contributed by atoms with van der Waals surface area (Å²) >= 11 is 6.07. The van der Waals surface area contributed by atoms with Crippen LogP contribution in [0.3, 0.4) is 0 Å². The zero-order valence-corrected chi connectivity index (χ0v) is 5.77. The van der Waals surface area contributed by atoms with Gasteiger partial charge >= 0.3 is 0 Å². The van der Waals surface area contributed by atoms with Crippen LogP contribution in [0.1, 0.15) is 6.42 Å². The minimum atomic E-state index is 0.0833. The Bertz CT molecular complexity index is 153. The van der Waals surface area contributed by atoms with Gasteiger partial charge in [-0.15, -0.1) is 0 Å². The summed E-state index contributed by atoms with van der Waals surface area (Å²) in [4.78, 5) is 11.2. The van der Waals surface area contributed by atoms with Gasteiger partial charge in [-0.25, -0.2) is 0 Å². The Morgan fingerprint density at radius 1 is 1.75 bits per heavy atom. The molecule has 8 heavy (non-hydrogen) atoms. The van der Waals surface area contributed by atoms with E-state index in [0.29, 0.717) is 11.3 Å². The van der Waals surface area contributed by atoms with E-state index in [1.165, 1.54) is 11.8 Å². The van der Waals surface area contributed by atoms with E-state index in [1.807, 2.05) is 0 Å². The van der Waals surface area contributed by atoms with Gasteiger partial charge in [0.15, 0.2) is 5.78 Å². The Morgan fingerprint density at radius 3 is 2.50 bits per heavy atom. The van der Waals surface area contributed by atoms with E-state index in [1.54, 1.807) is 0 Å². The molecule has 1 rings (SSSR count). The number of thioether (sulfide) groups is 1. The molecule has 0 aromatic heterocycles. The lowest BCUT2D eigenvalue weighted by Crippen LogP contribution is -1.88. The second-order valence-electron chi connectivity index (χ2n) is 1.50.